The smallest absolute Gasteiger partial charge is 0.270 e. The van der Waals surface area contributed by atoms with Crippen LogP contribution in [0.15, 0.2) is 42.9 Å². The highest BCUT2D eigenvalue weighted by Gasteiger charge is 2.14. The Morgan fingerprint density at radius 1 is 1.27 bits per heavy atom. The van der Waals surface area contributed by atoms with Crippen molar-refractivity contribution in [3.05, 3.63) is 48.5 Å². The van der Waals surface area contributed by atoms with Crippen molar-refractivity contribution in [2.75, 3.05) is 11.9 Å². The molecule has 3 heterocycles. The van der Waals surface area contributed by atoms with E-state index in [0.29, 0.717) is 23.3 Å². The normalized spacial score (nSPS) is 12.1. The van der Waals surface area contributed by atoms with Gasteiger partial charge in [0, 0.05) is 24.0 Å². The topological polar surface area (TPSA) is 134 Å². The zero-order valence-electron chi connectivity index (χ0n) is 16.4. The summed E-state index contributed by atoms with van der Waals surface area (Å²) in [6.45, 7) is 2.54. The van der Waals surface area contributed by atoms with Crippen molar-refractivity contribution in [2.24, 2.45) is 5.73 Å². The Labute approximate surface area is 177 Å². The summed E-state index contributed by atoms with van der Waals surface area (Å²) in [5.74, 6) is 0.0819. The summed E-state index contributed by atoms with van der Waals surface area (Å²) in [6.07, 6.45) is 6.72. The lowest BCUT2D eigenvalue weighted by Gasteiger charge is -2.15. The van der Waals surface area contributed by atoms with Gasteiger partial charge < -0.3 is 11.1 Å². The van der Waals surface area contributed by atoms with E-state index in [2.05, 4.69) is 41.8 Å². The fourth-order valence-corrected chi connectivity index (χ4v) is 3.95. The van der Waals surface area contributed by atoms with E-state index >= 15 is 0 Å². The van der Waals surface area contributed by atoms with E-state index in [0.717, 1.165) is 34.2 Å². The number of nitrogens with zero attached hydrogens (tertiary/aromatic N) is 4. The average Bonchev–Trinajstić information content (AvgIpc) is 3.42. The molecule has 0 spiro atoms. The zero-order valence-corrected chi connectivity index (χ0v) is 17.2. The van der Waals surface area contributed by atoms with Gasteiger partial charge >= 0.3 is 0 Å². The molecule has 0 bridgehead atoms. The molecule has 1 amide bonds. The fourth-order valence-electron chi connectivity index (χ4n) is 3.05. The number of rotatable bonds is 8. The Balaban J connectivity index is 1.51. The molecule has 1 unspecified atom stereocenters. The number of fused-ring (bicyclic) bond motifs is 1. The van der Waals surface area contributed by atoms with E-state index in [1.807, 2.05) is 25.3 Å². The molecule has 0 saturated heterocycles. The number of thiazole rings is 1. The highest BCUT2D eigenvalue weighted by Crippen LogP contribution is 2.31. The van der Waals surface area contributed by atoms with Crippen LogP contribution in [0.3, 0.4) is 0 Å². The summed E-state index contributed by atoms with van der Waals surface area (Å²) in [5.41, 5.74) is 8.85. The fraction of sp³-hybridized carbons (Fsp3) is 0.250. The molecule has 1 aromatic carbocycles. The summed E-state index contributed by atoms with van der Waals surface area (Å²) >= 11 is 1.49. The van der Waals surface area contributed by atoms with Crippen molar-refractivity contribution < 1.29 is 4.79 Å². The molecule has 0 aliphatic rings. The number of hydrogen-bond acceptors (Lipinski definition) is 8. The van der Waals surface area contributed by atoms with Crippen LogP contribution in [-0.2, 0) is 0 Å². The second kappa shape index (κ2) is 8.97. The number of nitrogens with one attached hydrogen (secondary N) is 3. The summed E-state index contributed by atoms with van der Waals surface area (Å²) in [7, 11) is 0. The van der Waals surface area contributed by atoms with Gasteiger partial charge in [0.15, 0.2) is 5.13 Å². The first-order valence-corrected chi connectivity index (χ1v) is 10.5. The van der Waals surface area contributed by atoms with Gasteiger partial charge in [0.1, 0.15) is 5.69 Å². The molecule has 9 nitrogen and oxygen atoms in total. The molecule has 30 heavy (non-hydrogen) atoms. The number of anilines is 2. The van der Waals surface area contributed by atoms with Crippen LogP contribution in [0.4, 0.5) is 11.1 Å². The van der Waals surface area contributed by atoms with Gasteiger partial charge in [-0.05, 0) is 43.1 Å². The van der Waals surface area contributed by atoms with Gasteiger partial charge in [0.2, 0.25) is 5.95 Å². The minimum atomic E-state index is -0.241. The first kappa shape index (κ1) is 19.9. The largest absolute Gasteiger partial charge is 0.348 e. The van der Waals surface area contributed by atoms with Crippen LogP contribution in [0.1, 0.15) is 30.3 Å². The third-order valence-corrected chi connectivity index (χ3v) is 5.60. The Kier molecular flexibility index (Phi) is 5.96. The van der Waals surface area contributed by atoms with Crippen molar-refractivity contribution in [3.63, 3.8) is 0 Å². The molecule has 10 heteroatoms. The van der Waals surface area contributed by atoms with Gasteiger partial charge in [-0.15, -0.1) is 0 Å². The van der Waals surface area contributed by atoms with Crippen molar-refractivity contribution >= 4 is 38.5 Å². The van der Waals surface area contributed by atoms with Crippen LogP contribution in [0.25, 0.3) is 21.3 Å². The van der Waals surface area contributed by atoms with Crippen LogP contribution in [0.5, 0.6) is 0 Å². The maximum Gasteiger partial charge on any atom is 0.270 e. The Bertz CT molecular complexity index is 1140. The molecule has 4 rings (SSSR count). The third kappa shape index (κ3) is 4.44. The molecular weight excluding hydrogens is 400 g/mol. The van der Waals surface area contributed by atoms with E-state index in [4.69, 9.17) is 5.73 Å². The zero-order chi connectivity index (χ0) is 20.9. The maximum atomic E-state index is 12.5. The molecule has 154 valence electrons. The van der Waals surface area contributed by atoms with E-state index in [1.54, 1.807) is 18.5 Å². The van der Waals surface area contributed by atoms with Gasteiger partial charge in [-0.25, -0.2) is 15.0 Å². The molecule has 4 aromatic rings. The number of carbonyl (C=O) groups excluding carboxylic acids is 1. The van der Waals surface area contributed by atoms with Crippen molar-refractivity contribution in [1.82, 2.24) is 30.5 Å². The summed E-state index contributed by atoms with van der Waals surface area (Å²) in [6, 6.07) is 7.65. The van der Waals surface area contributed by atoms with Gasteiger partial charge in [-0.1, -0.05) is 24.3 Å². The number of hydrogen-bond donors (Lipinski definition) is 4. The first-order valence-electron chi connectivity index (χ1n) is 9.67. The highest BCUT2D eigenvalue weighted by molar-refractivity contribution is 7.22. The van der Waals surface area contributed by atoms with E-state index < -0.39 is 0 Å². The second-order valence-corrected chi connectivity index (χ2v) is 7.77. The van der Waals surface area contributed by atoms with Crippen LogP contribution >= 0.6 is 11.3 Å². The van der Waals surface area contributed by atoms with Crippen LogP contribution < -0.4 is 16.4 Å². The Hall–Kier alpha value is -3.37. The minimum Gasteiger partial charge on any atom is -0.348 e. The lowest BCUT2D eigenvalue weighted by molar-refractivity contribution is 0.0929. The molecule has 0 aliphatic heterocycles. The van der Waals surface area contributed by atoms with Crippen molar-refractivity contribution in [2.45, 2.75) is 25.8 Å². The van der Waals surface area contributed by atoms with Crippen molar-refractivity contribution in [1.29, 1.82) is 0 Å². The quantitative estimate of drug-likeness (QED) is 0.343. The molecular formula is C20H22N8OS. The van der Waals surface area contributed by atoms with Gasteiger partial charge in [-0.2, -0.15) is 5.10 Å². The molecule has 0 saturated carbocycles. The first-order chi connectivity index (χ1) is 14.7. The number of aromatic amines is 1. The minimum absolute atomic E-state index is 0.0301. The summed E-state index contributed by atoms with van der Waals surface area (Å²) < 4.78 is 1.03. The highest BCUT2D eigenvalue weighted by atomic mass is 32.1. The number of H-pyrrole nitrogens is 1. The van der Waals surface area contributed by atoms with Crippen molar-refractivity contribution in [3.8, 4) is 11.1 Å². The molecule has 0 radical (unpaired) electrons. The molecule has 3 aromatic heterocycles. The van der Waals surface area contributed by atoms with Crippen LogP contribution in [0, 0.1) is 0 Å². The third-order valence-electron chi connectivity index (χ3n) is 4.67. The molecule has 0 aliphatic carbocycles. The van der Waals surface area contributed by atoms with E-state index in [9.17, 15) is 4.79 Å². The lowest BCUT2D eigenvalue weighted by Crippen LogP contribution is -2.36. The predicted molar refractivity (Wildman–Crippen MR) is 118 cm³/mol. The number of amides is 1. The summed E-state index contributed by atoms with van der Waals surface area (Å²) in [4.78, 5) is 25.6. The molecule has 5 N–H and O–H groups in total. The van der Waals surface area contributed by atoms with E-state index in [-0.39, 0.29) is 11.9 Å². The monoisotopic (exact) mass is 422 g/mol. The van der Waals surface area contributed by atoms with Gasteiger partial charge in [0.05, 0.1) is 16.4 Å². The van der Waals surface area contributed by atoms with E-state index in [1.165, 1.54) is 11.3 Å². The average molecular weight is 423 g/mol. The Morgan fingerprint density at radius 3 is 2.93 bits per heavy atom. The second-order valence-electron chi connectivity index (χ2n) is 6.73. The van der Waals surface area contributed by atoms with Gasteiger partial charge in [0.25, 0.3) is 5.91 Å². The maximum absolute atomic E-state index is 12.5. The standard InChI is InChI=1S/C20H22N8OS/c1-2-14(5-7-21)25-18(29)16-6-8-22-19(26-16)28-20-27-15-4-3-12(9-17(15)30-20)13-10-23-24-11-13/h3-4,6,8-11,14H,2,5,7,21H2,1H3,(H,23,24)(H,25,29)(H,22,26,27,28). The molecule has 1 atom stereocenters. The number of nitrogens with two attached hydrogens (primary N) is 1. The summed E-state index contributed by atoms with van der Waals surface area (Å²) in [5, 5.41) is 13.5. The molecule has 0 fully saturated rings. The SMILES string of the molecule is CCC(CCN)NC(=O)c1ccnc(Nc2nc3ccc(-c4cn[nH]c4)cc3s2)n1. The van der Waals surface area contributed by atoms with Crippen LogP contribution in [0.2, 0.25) is 0 Å². The number of benzene rings is 1. The lowest BCUT2D eigenvalue weighted by atomic mass is 10.1. The number of carbonyl (C=O) groups is 1. The van der Waals surface area contributed by atoms with Gasteiger partial charge in [-0.3, -0.25) is 15.2 Å². The predicted octanol–water partition coefficient (Wildman–Crippen LogP) is 3.08. The Morgan fingerprint density at radius 2 is 2.17 bits per heavy atom. The number of aromatic nitrogens is 5. The van der Waals surface area contributed by atoms with Crippen LogP contribution in [-0.4, -0.2) is 43.6 Å².